The molecule has 118 valence electrons. The minimum atomic E-state index is 0. The van der Waals surface area contributed by atoms with Crippen LogP contribution in [0.5, 0.6) is 0 Å². The van der Waals surface area contributed by atoms with Crippen LogP contribution in [0.4, 0.5) is 0 Å². The Bertz CT molecular complexity index is 310. The van der Waals surface area contributed by atoms with Crippen LogP contribution in [0.25, 0.3) is 0 Å². The molecule has 0 bridgehead atoms. The van der Waals surface area contributed by atoms with E-state index in [0.717, 1.165) is 24.7 Å². The maximum Gasteiger partial charge on any atom is 0.240 e. The molecule has 3 aliphatic rings. The van der Waals surface area contributed by atoms with Crippen molar-refractivity contribution in [1.29, 1.82) is 0 Å². The number of nitrogens with zero attached hydrogens (tertiary/aromatic N) is 2. The highest BCUT2D eigenvalue weighted by atomic mass is 35.5. The third-order valence-corrected chi connectivity index (χ3v) is 5.34. The molecule has 3 heterocycles. The average molecular weight is 342 g/mol. The Labute approximate surface area is 138 Å². The summed E-state index contributed by atoms with van der Waals surface area (Å²) in [6.07, 6.45) is 5.23. The first-order chi connectivity index (χ1) is 8.84. The van der Waals surface area contributed by atoms with Gasteiger partial charge in [-0.3, -0.25) is 15.0 Å². The van der Waals surface area contributed by atoms with Crippen LogP contribution in [-0.2, 0) is 4.79 Å². The number of carbonyl (C=O) groups is 1. The number of hydrogen-bond donors (Lipinski definition) is 1. The summed E-state index contributed by atoms with van der Waals surface area (Å²) in [7, 11) is 0. The van der Waals surface area contributed by atoms with Crippen LogP contribution in [0.3, 0.4) is 0 Å². The van der Waals surface area contributed by atoms with Crippen LogP contribution in [-0.4, -0.2) is 65.6 Å². The number of likely N-dealkylation sites (tertiary alicyclic amines) is 2. The molecule has 3 saturated heterocycles. The zero-order chi connectivity index (χ0) is 12.4. The minimum absolute atomic E-state index is 0. The molecule has 1 N–H and O–H groups in total. The van der Waals surface area contributed by atoms with E-state index in [0.29, 0.717) is 11.9 Å². The lowest BCUT2D eigenvalue weighted by atomic mass is 10.1. The van der Waals surface area contributed by atoms with Gasteiger partial charge in [-0.25, -0.2) is 0 Å². The molecule has 4 nitrogen and oxygen atoms in total. The number of rotatable bonds is 2. The maximum absolute atomic E-state index is 12.3. The largest absolute Gasteiger partial charge is 0.340 e. The van der Waals surface area contributed by atoms with Crippen molar-refractivity contribution in [3.05, 3.63) is 0 Å². The fourth-order valence-corrected chi connectivity index (χ4v) is 4.23. The number of halogens is 2. The predicted molar refractivity (Wildman–Crippen MR) is 89.2 cm³/mol. The molecule has 0 spiro atoms. The first-order valence-corrected chi connectivity index (χ1v) is 8.34. The van der Waals surface area contributed by atoms with Crippen molar-refractivity contribution in [2.24, 2.45) is 0 Å². The lowest BCUT2D eigenvalue weighted by Gasteiger charge is -2.32. The zero-order valence-corrected chi connectivity index (χ0v) is 14.2. The molecule has 0 aromatic rings. The average Bonchev–Trinajstić information content (AvgIpc) is 3.10. The van der Waals surface area contributed by atoms with Gasteiger partial charge in [0.25, 0.3) is 0 Å². The Balaban J connectivity index is 0.000001000. The quantitative estimate of drug-likeness (QED) is 0.827. The van der Waals surface area contributed by atoms with Crippen molar-refractivity contribution in [3.8, 4) is 0 Å². The summed E-state index contributed by atoms with van der Waals surface area (Å²) in [6.45, 7) is 4.40. The SMILES string of the molecule is Cl.Cl.O=C(C1CSCN1)N1CCC(N2CCCCC2)C1. The van der Waals surface area contributed by atoms with Gasteiger partial charge in [0.2, 0.25) is 5.91 Å². The van der Waals surface area contributed by atoms with Crippen molar-refractivity contribution in [2.45, 2.75) is 37.8 Å². The summed E-state index contributed by atoms with van der Waals surface area (Å²) in [5.74, 6) is 2.21. The van der Waals surface area contributed by atoms with E-state index in [9.17, 15) is 4.79 Å². The highest BCUT2D eigenvalue weighted by Gasteiger charge is 2.34. The molecule has 0 aromatic carbocycles. The van der Waals surface area contributed by atoms with Gasteiger partial charge in [0, 0.05) is 30.8 Å². The normalized spacial score (nSPS) is 30.7. The van der Waals surface area contributed by atoms with Gasteiger partial charge in [0.15, 0.2) is 0 Å². The minimum Gasteiger partial charge on any atom is -0.340 e. The van der Waals surface area contributed by atoms with Crippen molar-refractivity contribution >= 4 is 42.5 Å². The Hall–Kier alpha value is 0.320. The highest BCUT2D eigenvalue weighted by molar-refractivity contribution is 7.99. The van der Waals surface area contributed by atoms with Gasteiger partial charge >= 0.3 is 0 Å². The van der Waals surface area contributed by atoms with E-state index in [1.165, 1.54) is 38.8 Å². The molecule has 3 fully saturated rings. The third-order valence-electron chi connectivity index (χ3n) is 4.40. The van der Waals surface area contributed by atoms with E-state index in [1.807, 2.05) is 11.8 Å². The van der Waals surface area contributed by atoms with E-state index < -0.39 is 0 Å². The molecule has 7 heteroatoms. The molecule has 20 heavy (non-hydrogen) atoms. The number of carbonyl (C=O) groups excluding carboxylic acids is 1. The Morgan fingerprint density at radius 2 is 1.85 bits per heavy atom. The monoisotopic (exact) mass is 341 g/mol. The van der Waals surface area contributed by atoms with Crippen molar-refractivity contribution < 1.29 is 4.79 Å². The molecule has 0 radical (unpaired) electrons. The smallest absolute Gasteiger partial charge is 0.240 e. The van der Waals surface area contributed by atoms with Gasteiger partial charge in [-0.15, -0.1) is 36.6 Å². The van der Waals surface area contributed by atoms with E-state index in [1.54, 1.807) is 0 Å². The van der Waals surface area contributed by atoms with Gasteiger partial charge < -0.3 is 4.90 Å². The molecule has 1 amide bonds. The first-order valence-electron chi connectivity index (χ1n) is 7.18. The lowest BCUT2D eigenvalue weighted by Crippen LogP contribution is -2.46. The second-order valence-electron chi connectivity index (χ2n) is 5.60. The molecule has 3 rings (SSSR count). The van der Waals surface area contributed by atoms with Crippen LogP contribution in [0, 0.1) is 0 Å². The van der Waals surface area contributed by atoms with Crippen molar-refractivity contribution in [3.63, 3.8) is 0 Å². The van der Waals surface area contributed by atoms with Gasteiger partial charge in [-0.2, -0.15) is 0 Å². The molecule has 0 saturated carbocycles. The Morgan fingerprint density at radius 1 is 1.10 bits per heavy atom. The molecular weight excluding hydrogens is 317 g/mol. The van der Waals surface area contributed by atoms with Crippen molar-refractivity contribution in [2.75, 3.05) is 37.8 Å². The van der Waals surface area contributed by atoms with Crippen LogP contribution < -0.4 is 5.32 Å². The number of hydrogen-bond acceptors (Lipinski definition) is 4. The van der Waals surface area contributed by atoms with Gasteiger partial charge in [-0.1, -0.05) is 6.42 Å². The summed E-state index contributed by atoms with van der Waals surface area (Å²) in [5, 5.41) is 3.29. The van der Waals surface area contributed by atoms with E-state index in [2.05, 4.69) is 15.1 Å². The summed E-state index contributed by atoms with van der Waals surface area (Å²) in [5.41, 5.74) is 0. The third kappa shape index (κ3) is 4.17. The van der Waals surface area contributed by atoms with Gasteiger partial charge in [0.1, 0.15) is 0 Å². The summed E-state index contributed by atoms with van der Waals surface area (Å²) < 4.78 is 0. The predicted octanol–water partition coefficient (Wildman–Crippen LogP) is 1.58. The fraction of sp³-hybridized carbons (Fsp3) is 0.923. The summed E-state index contributed by atoms with van der Waals surface area (Å²) >= 11 is 1.83. The number of thioether (sulfide) groups is 1. The standard InChI is InChI=1S/C13H23N3OS.2ClH/c17-13(12-9-18-10-14-12)16-7-4-11(8-16)15-5-2-1-3-6-15;;/h11-12,14H,1-10H2;2*1H. The van der Waals surface area contributed by atoms with Crippen LogP contribution in [0.2, 0.25) is 0 Å². The van der Waals surface area contributed by atoms with Crippen molar-refractivity contribution in [1.82, 2.24) is 15.1 Å². The van der Waals surface area contributed by atoms with Crippen LogP contribution >= 0.6 is 36.6 Å². The summed E-state index contributed by atoms with van der Waals surface area (Å²) in [6, 6.07) is 0.707. The van der Waals surface area contributed by atoms with E-state index >= 15 is 0 Å². The Morgan fingerprint density at radius 3 is 2.50 bits per heavy atom. The highest BCUT2D eigenvalue weighted by Crippen LogP contribution is 2.22. The van der Waals surface area contributed by atoms with Crippen LogP contribution in [0.15, 0.2) is 0 Å². The molecule has 2 atom stereocenters. The maximum atomic E-state index is 12.3. The molecule has 2 unspecified atom stereocenters. The number of amides is 1. The molecule has 0 aliphatic carbocycles. The molecule has 3 aliphatic heterocycles. The topological polar surface area (TPSA) is 35.6 Å². The van der Waals surface area contributed by atoms with E-state index in [4.69, 9.17) is 0 Å². The molecular formula is C13H25Cl2N3OS. The second kappa shape index (κ2) is 8.69. The fourth-order valence-electron chi connectivity index (χ4n) is 3.30. The van der Waals surface area contributed by atoms with Gasteiger partial charge in [0.05, 0.1) is 6.04 Å². The zero-order valence-electron chi connectivity index (χ0n) is 11.8. The van der Waals surface area contributed by atoms with Gasteiger partial charge in [-0.05, 0) is 32.4 Å². The lowest BCUT2D eigenvalue weighted by molar-refractivity contribution is -0.131. The Kier molecular flexibility index (Phi) is 7.98. The second-order valence-corrected chi connectivity index (χ2v) is 6.63. The first kappa shape index (κ1) is 18.4. The number of nitrogens with one attached hydrogen (secondary N) is 1. The summed E-state index contributed by atoms with van der Waals surface area (Å²) in [4.78, 5) is 17.0. The van der Waals surface area contributed by atoms with E-state index in [-0.39, 0.29) is 30.9 Å². The van der Waals surface area contributed by atoms with Crippen LogP contribution in [0.1, 0.15) is 25.7 Å². The number of piperidine rings is 1. The molecule has 0 aromatic heterocycles.